The Morgan fingerprint density at radius 1 is 1.12 bits per heavy atom. The number of hydrazine groups is 1. The quantitative estimate of drug-likeness (QED) is 0.642. The molecule has 0 bridgehead atoms. The molecule has 0 spiro atoms. The molecule has 0 saturated heterocycles. The third-order valence-electron chi connectivity index (χ3n) is 2.85. The molecule has 0 unspecified atom stereocenters. The standard InChI is InChI=1S/C14H15N3O5S2/c1-22-10-4-6-11(7-5-10)24(20,21)15-9-13(18)16-17-14(19)12-3-2-8-23-12/h2-8,15H,9H2,1H3,(H,16,18)(H,17,19). The van der Waals surface area contributed by atoms with Crippen LogP contribution in [-0.4, -0.2) is 33.9 Å². The van der Waals surface area contributed by atoms with Gasteiger partial charge in [0.2, 0.25) is 10.0 Å². The molecule has 2 aromatic rings. The minimum absolute atomic E-state index is 0.00118. The van der Waals surface area contributed by atoms with Crippen molar-refractivity contribution in [3.63, 3.8) is 0 Å². The molecular weight excluding hydrogens is 354 g/mol. The van der Waals surface area contributed by atoms with E-state index in [1.165, 1.54) is 42.7 Å². The van der Waals surface area contributed by atoms with Crippen LogP contribution < -0.4 is 20.3 Å². The van der Waals surface area contributed by atoms with E-state index in [2.05, 4.69) is 15.6 Å². The van der Waals surface area contributed by atoms with E-state index in [1.807, 2.05) is 0 Å². The van der Waals surface area contributed by atoms with Gasteiger partial charge in [0.15, 0.2) is 0 Å². The number of hydrogen-bond acceptors (Lipinski definition) is 6. The van der Waals surface area contributed by atoms with Gasteiger partial charge < -0.3 is 4.74 Å². The molecular formula is C14H15N3O5S2. The second-order valence-electron chi connectivity index (χ2n) is 4.48. The first kappa shape index (κ1) is 17.9. The molecule has 1 heterocycles. The number of benzene rings is 1. The summed E-state index contributed by atoms with van der Waals surface area (Å²) in [6.07, 6.45) is 0. The molecule has 2 rings (SSSR count). The minimum Gasteiger partial charge on any atom is -0.497 e. The maximum Gasteiger partial charge on any atom is 0.279 e. The molecule has 24 heavy (non-hydrogen) atoms. The van der Waals surface area contributed by atoms with Crippen molar-refractivity contribution >= 4 is 33.2 Å². The van der Waals surface area contributed by atoms with Crippen LogP contribution >= 0.6 is 11.3 Å². The fourth-order valence-electron chi connectivity index (χ4n) is 1.64. The van der Waals surface area contributed by atoms with Crippen LogP contribution in [-0.2, 0) is 14.8 Å². The number of methoxy groups -OCH3 is 1. The van der Waals surface area contributed by atoms with Crippen molar-refractivity contribution in [1.82, 2.24) is 15.6 Å². The number of thiophene rings is 1. The monoisotopic (exact) mass is 369 g/mol. The summed E-state index contributed by atoms with van der Waals surface area (Å²) in [5.41, 5.74) is 4.33. The van der Waals surface area contributed by atoms with Gasteiger partial charge in [-0.15, -0.1) is 11.3 Å². The SMILES string of the molecule is COc1ccc(S(=O)(=O)NCC(=O)NNC(=O)c2cccs2)cc1. The Morgan fingerprint density at radius 2 is 1.83 bits per heavy atom. The van der Waals surface area contributed by atoms with E-state index < -0.39 is 28.4 Å². The van der Waals surface area contributed by atoms with E-state index >= 15 is 0 Å². The average molecular weight is 369 g/mol. The summed E-state index contributed by atoms with van der Waals surface area (Å²) in [4.78, 5) is 23.7. The van der Waals surface area contributed by atoms with Gasteiger partial charge in [-0.05, 0) is 35.7 Å². The Morgan fingerprint density at radius 3 is 2.42 bits per heavy atom. The predicted molar refractivity (Wildman–Crippen MR) is 88.1 cm³/mol. The van der Waals surface area contributed by atoms with Crippen molar-refractivity contribution in [3.8, 4) is 5.75 Å². The van der Waals surface area contributed by atoms with Gasteiger partial charge in [0, 0.05) is 0 Å². The lowest BCUT2D eigenvalue weighted by Gasteiger charge is -2.09. The van der Waals surface area contributed by atoms with Gasteiger partial charge in [-0.3, -0.25) is 20.4 Å². The van der Waals surface area contributed by atoms with Gasteiger partial charge in [-0.25, -0.2) is 13.1 Å². The second kappa shape index (κ2) is 7.90. The van der Waals surface area contributed by atoms with Gasteiger partial charge in [-0.2, -0.15) is 0 Å². The third-order valence-corrected chi connectivity index (χ3v) is 5.14. The molecule has 0 atom stereocenters. The van der Waals surface area contributed by atoms with Crippen molar-refractivity contribution in [3.05, 3.63) is 46.7 Å². The molecule has 1 aromatic carbocycles. The Balaban J connectivity index is 1.84. The topological polar surface area (TPSA) is 114 Å². The summed E-state index contributed by atoms with van der Waals surface area (Å²) >= 11 is 1.22. The number of carbonyl (C=O) groups is 2. The normalized spacial score (nSPS) is 10.9. The van der Waals surface area contributed by atoms with Crippen molar-refractivity contribution in [2.45, 2.75) is 4.90 Å². The molecule has 1 aromatic heterocycles. The van der Waals surface area contributed by atoms with Crippen LogP contribution in [0.4, 0.5) is 0 Å². The first-order valence-electron chi connectivity index (χ1n) is 6.69. The number of amides is 2. The van der Waals surface area contributed by atoms with Crippen LogP contribution in [0.5, 0.6) is 5.75 Å². The molecule has 0 aliphatic rings. The number of hydrogen-bond donors (Lipinski definition) is 3. The fraction of sp³-hybridized carbons (Fsp3) is 0.143. The molecule has 8 nitrogen and oxygen atoms in total. The van der Waals surface area contributed by atoms with Crippen molar-refractivity contribution in [2.75, 3.05) is 13.7 Å². The summed E-state index contributed by atoms with van der Waals surface area (Å²) in [6.45, 7) is -0.515. The summed E-state index contributed by atoms with van der Waals surface area (Å²) in [6, 6.07) is 9.00. The van der Waals surface area contributed by atoms with Crippen molar-refractivity contribution < 1.29 is 22.7 Å². The molecule has 3 N–H and O–H groups in total. The number of nitrogens with one attached hydrogen (secondary N) is 3. The Kier molecular flexibility index (Phi) is 5.90. The molecule has 0 aliphatic heterocycles. The highest BCUT2D eigenvalue weighted by Gasteiger charge is 2.16. The lowest BCUT2D eigenvalue weighted by atomic mass is 10.3. The van der Waals surface area contributed by atoms with Crippen LogP contribution in [0.1, 0.15) is 9.67 Å². The van der Waals surface area contributed by atoms with Crippen LogP contribution in [0.15, 0.2) is 46.7 Å². The molecule has 0 aliphatic carbocycles. The van der Waals surface area contributed by atoms with Gasteiger partial charge in [-0.1, -0.05) is 6.07 Å². The van der Waals surface area contributed by atoms with Crippen molar-refractivity contribution in [2.24, 2.45) is 0 Å². The summed E-state index contributed by atoms with van der Waals surface area (Å²) in [7, 11) is -2.37. The summed E-state index contributed by atoms with van der Waals surface area (Å²) < 4.78 is 31.2. The van der Waals surface area contributed by atoms with Gasteiger partial charge >= 0.3 is 0 Å². The van der Waals surface area contributed by atoms with E-state index in [1.54, 1.807) is 17.5 Å². The smallest absolute Gasteiger partial charge is 0.279 e. The maximum absolute atomic E-state index is 12.0. The summed E-state index contributed by atoms with van der Waals surface area (Å²) in [5, 5.41) is 1.72. The maximum atomic E-state index is 12.0. The number of rotatable bonds is 6. The highest BCUT2D eigenvalue weighted by Crippen LogP contribution is 2.15. The van der Waals surface area contributed by atoms with Crippen LogP contribution in [0.25, 0.3) is 0 Å². The van der Waals surface area contributed by atoms with Crippen LogP contribution in [0.2, 0.25) is 0 Å². The van der Waals surface area contributed by atoms with Gasteiger partial charge in [0.25, 0.3) is 11.8 Å². The molecule has 128 valence electrons. The zero-order valence-corrected chi connectivity index (χ0v) is 14.2. The van der Waals surface area contributed by atoms with E-state index in [-0.39, 0.29) is 4.90 Å². The average Bonchev–Trinajstić information content (AvgIpc) is 3.12. The Bertz CT molecular complexity index is 801. The van der Waals surface area contributed by atoms with E-state index in [0.29, 0.717) is 10.6 Å². The van der Waals surface area contributed by atoms with Crippen LogP contribution in [0, 0.1) is 0 Å². The summed E-state index contributed by atoms with van der Waals surface area (Å²) in [5.74, 6) is -0.656. The minimum atomic E-state index is -3.84. The zero-order valence-electron chi connectivity index (χ0n) is 12.6. The first-order valence-corrected chi connectivity index (χ1v) is 9.05. The number of sulfonamides is 1. The Labute approximate surface area is 142 Å². The van der Waals surface area contributed by atoms with Crippen LogP contribution in [0.3, 0.4) is 0 Å². The number of carbonyl (C=O) groups excluding carboxylic acids is 2. The largest absolute Gasteiger partial charge is 0.497 e. The Hall–Kier alpha value is -2.43. The highest BCUT2D eigenvalue weighted by atomic mass is 32.2. The number of ether oxygens (including phenoxy) is 1. The highest BCUT2D eigenvalue weighted by molar-refractivity contribution is 7.89. The van der Waals surface area contributed by atoms with E-state index in [9.17, 15) is 18.0 Å². The zero-order chi connectivity index (χ0) is 17.6. The third kappa shape index (κ3) is 4.78. The van der Waals surface area contributed by atoms with Gasteiger partial charge in [0.05, 0.1) is 23.4 Å². The lowest BCUT2D eigenvalue weighted by Crippen LogP contribution is -2.46. The fourth-order valence-corrected chi connectivity index (χ4v) is 3.24. The second-order valence-corrected chi connectivity index (χ2v) is 7.19. The molecule has 10 heteroatoms. The molecule has 0 radical (unpaired) electrons. The predicted octanol–water partition coefficient (Wildman–Crippen LogP) is 0.496. The molecule has 0 fully saturated rings. The first-order chi connectivity index (χ1) is 11.4. The lowest BCUT2D eigenvalue weighted by molar-refractivity contribution is -0.120. The van der Waals surface area contributed by atoms with E-state index in [4.69, 9.17) is 4.74 Å². The van der Waals surface area contributed by atoms with Crippen molar-refractivity contribution in [1.29, 1.82) is 0 Å². The molecule has 0 saturated carbocycles. The van der Waals surface area contributed by atoms with Gasteiger partial charge in [0.1, 0.15) is 5.75 Å². The molecule has 2 amide bonds. The van der Waals surface area contributed by atoms with E-state index in [0.717, 1.165) is 0 Å².